The maximum absolute atomic E-state index is 12.8. The van der Waals surface area contributed by atoms with E-state index in [1.165, 1.54) is 17.5 Å². The number of hydrogen-bond donors (Lipinski definition) is 2. The number of rotatable bonds is 5. The van der Waals surface area contributed by atoms with Crippen LogP contribution >= 0.6 is 12.4 Å². The van der Waals surface area contributed by atoms with Crippen LogP contribution in [0.15, 0.2) is 42.5 Å². The van der Waals surface area contributed by atoms with Crippen LogP contribution in [0.5, 0.6) is 5.75 Å². The molecule has 27 heavy (non-hydrogen) atoms. The van der Waals surface area contributed by atoms with E-state index in [9.17, 15) is 4.79 Å². The standard InChI is InChI=1S/C22H26N2O2.ClH/c1-26-21-7-6-18(11-19(21)10-15-8-9-23-14-15)22(25)24-20-12-16-4-2-3-5-17(16)13-20;/h2-7,11,15,20,23H,8-10,12-14H2,1H3,(H,24,25);1H. The van der Waals surface area contributed by atoms with Crippen molar-refractivity contribution in [3.8, 4) is 5.75 Å². The van der Waals surface area contributed by atoms with E-state index in [4.69, 9.17) is 4.74 Å². The lowest BCUT2D eigenvalue weighted by Crippen LogP contribution is -2.35. The summed E-state index contributed by atoms with van der Waals surface area (Å²) in [6, 6.07) is 14.4. The molecule has 1 aliphatic heterocycles. The monoisotopic (exact) mass is 386 g/mol. The summed E-state index contributed by atoms with van der Waals surface area (Å²) >= 11 is 0. The third-order valence-electron chi connectivity index (χ3n) is 5.60. The van der Waals surface area contributed by atoms with Crippen molar-refractivity contribution in [1.82, 2.24) is 10.6 Å². The van der Waals surface area contributed by atoms with Crippen molar-refractivity contribution in [1.29, 1.82) is 0 Å². The van der Waals surface area contributed by atoms with Crippen molar-refractivity contribution >= 4 is 18.3 Å². The van der Waals surface area contributed by atoms with Crippen molar-refractivity contribution in [2.75, 3.05) is 20.2 Å². The highest BCUT2D eigenvalue weighted by atomic mass is 35.5. The highest BCUT2D eigenvalue weighted by Crippen LogP contribution is 2.26. The molecule has 4 rings (SSSR count). The largest absolute Gasteiger partial charge is 0.496 e. The molecule has 1 fully saturated rings. The summed E-state index contributed by atoms with van der Waals surface area (Å²) in [5.41, 5.74) is 4.55. The molecule has 0 radical (unpaired) electrons. The van der Waals surface area contributed by atoms with Gasteiger partial charge in [-0.1, -0.05) is 24.3 Å². The highest BCUT2D eigenvalue weighted by Gasteiger charge is 2.23. The number of ether oxygens (including phenoxy) is 1. The molecule has 1 heterocycles. The van der Waals surface area contributed by atoms with Gasteiger partial charge in [-0.05, 0) is 79.6 Å². The van der Waals surface area contributed by atoms with Crippen LogP contribution in [0.2, 0.25) is 0 Å². The Morgan fingerprint density at radius 3 is 2.56 bits per heavy atom. The third-order valence-corrected chi connectivity index (χ3v) is 5.60. The average molecular weight is 387 g/mol. The van der Waals surface area contributed by atoms with Crippen molar-refractivity contribution < 1.29 is 9.53 Å². The number of fused-ring (bicyclic) bond motifs is 1. The van der Waals surface area contributed by atoms with Gasteiger partial charge in [0.25, 0.3) is 5.91 Å². The van der Waals surface area contributed by atoms with E-state index < -0.39 is 0 Å². The molecule has 1 unspecified atom stereocenters. The second-order valence-electron chi connectivity index (χ2n) is 7.44. The van der Waals surface area contributed by atoms with Gasteiger partial charge in [0, 0.05) is 11.6 Å². The lowest BCUT2D eigenvalue weighted by molar-refractivity contribution is 0.0938. The molecule has 5 heteroatoms. The normalized spacial score (nSPS) is 18.6. The fraction of sp³-hybridized carbons (Fsp3) is 0.409. The summed E-state index contributed by atoms with van der Waals surface area (Å²) in [6.07, 6.45) is 3.96. The molecule has 4 nitrogen and oxygen atoms in total. The second kappa shape index (κ2) is 8.77. The minimum absolute atomic E-state index is 0. The Morgan fingerprint density at radius 1 is 1.19 bits per heavy atom. The number of halogens is 1. The zero-order valence-electron chi connectivity index (χ0n) is 15.7. The summed E-state index contributed by atoms with van der Waals surface area (Å²) in [4.78, 5) is 12.8. The van der Waals surface area contributed by atoms with E-state index in [1.807, 2.05) is 18.2 Å². The molecule has 0 spiro atoms. The Morgan fingerprint density at radius 2 is 1.93 bits per heavy atom. The molecular weight excluding hydrogens is 360 g/mol. The van der Waals surface area contributed by atoms with E-state index in [2.05, 4.69) is 34.9 Å². The van der Waals surface area contributed by atoms with E-state index in [0.717, 1.165) is 49.2 Å². The van der Waals surface area contributed by atoms with Crippen LogP contribution in [-0.4, -0.2) is 32.1 Å². The Hall–Kier alpha value is -2.04. The first-order chi connectivity index (χ1) is 12.7. The Balaban J connectivity index is 0.00000210. The van der Waals surface area contributed by atoms with Gasteiger partial charge in [-0.25, -0.2) is 0 Å². The number of benzene rings is 2. The molecule has 1 aliphatic carbocycles. The number of carbonyl (C=O) groups is 1. The van der Waals surface area contributed by atoms with Crippen LogP contribution in [-0.2, 0) is 19.3 Å². The Labute approximate surface area is 167 Å². The van der Waals surface area contributed by atoms with Crippen LogP contribution < -0.4 is 15.4 Å². The minimum Gasteiger partial charge on any atom is -0.496 e. The van der Waals surface area contributed by atoms with Gasteiger partial charge in [-0.2, -0.15) is 0 Å². The fourth-order valence-electron chi connectivity index (χ4n) is 4.21. The molecule has 0 bridgehead atoms. The van der Waals surface area contributed by atoms with Crippen LogP contribution in [0.1, 0.15) is 33.5 Å². The van der Waals surface area contributed by atoms with Gasteiger partial charge >= 0.3 is 0 Å². The molecule has 1 saturated heterocycles. The van der Waals surface area contributed by atoms with Gasteiger partial charge < -0.3 is 15.4 Å². The van der Waals surface area contributed by atoms with Crippen molar-refractivity contribution in [3.05, 3.63) is 64.7 Å². The molecule has 2 aliphatic rings. The highest BCUT2D eigenvalue weighted by molar-refractivity contribution is 5.94. The Kier molecular flexibility index (Phi) is 6.40. The minimum atomic E-state index is 0. The maximum atomic E-state index is 12.8. The number of hydrogen-bond acceptors (Lipinski definition) is 3. The Bertz CT molecular complexity index is 778. The zero-order chi connectivity index (χ0) is 17.9. The predicted octanol–water partition coefficient (Wildman–Crippen LogP) is 3.17. The van der Waals surface area contributed by atoms with Gasteiger partial charge in [0.2, 0.25) is 0 Å². The topological polar surface area (TPSA) is 50.4 Å². The van der Waals surface area contributed by atoms with Gasteiger partial charge in [0.1, 0.15) is 5.75 Å². The van der Waals surface area contributed by atoms with E-state index in [0.29, 0.717) is 5.92 Å². The number of carbonyl (C=O) groups excluding carboxylic acids is 1. The quantitative estimate of drug-likeness (QED) is 0.829. The summed E-state index contributed by atoms with van der Waals surface area (Å²) in [6.45, 7) is 2.12. The molecule has 1 atom stereocenters. The smallest absolute Gasteiger partial charge is 0.251 e. The van der Waals surface area contributed by atoms with Crippen LogP contribution in [0, 0.1) is 5.92 Å². The first-order valence-corrected chi connectivity index (χ1v) is 9.48. The summed E-state index contributed by atoms with van der Waals surface area (Å²) in [5, 5.41) is 6.61. The number of nitrogens with one attached hydrogen (secondary N) is 2. The van der Waals surface area contributed by atoms with E-state index in [1.54, 1.807) is 7.11 Å². The zero-order valence-corrected chi connectivity index (χ0v) is 16.5. The number of amides is 1. The SMILES string of the molecule is COc1ccc(C(=O)NC2Cc3ccccc3C2)cc1CC1CCNC1.Cl. The van der Waals surface area contributed by atoms with Crippen LogP contribution in [0.3, 0.4) is 0 Å². The van der Waals surface area contributed by atoms with Gasteiger partial charge in [-0.15, -0.1) is 12.4 Å². The molecule has 144 valence electrons. The predicted molar refractivity (Wildman–Crippen MR) is 110 cm³/mol. The summed E-state index contributed by atoms with van der Waals surface area (Å²) in [7, 11) is 1.70. The van der Waals surface area contributed by atoms with Gasteiger partial charge in [0.15, 0.2) is 0 Å². The first kappa shape index (κ1) is 19.7. The van der Waals surface area contributed by atoms with Crippen LogP contribution in [0.4, 0.5) is 0 Å². The van der Waals surface area contributed by atoms with Crippen LogP contribution in [0.25, 0.3) is 0 Å². The molecule has 0 saturated carbocycles. The fourth-order valence-corrected chi connectivity index (χ4v) is 4.21. The first-order valence-electron chi connectivity index (χ1n) is 9.48. The van der Waals surface area contributed by atoms with Gasteiger partial charge in [-0.3, -0.25) is 4.79 Å². The summed E-state index contributed by atoms with van der Waals surface area (Å²) < 4.78 is 5.51. The van der Waals surface area contributed by atoms with Crippen molar-refractivity contribution in [2.24, 2.45) is 5.92 Å². The average Bonchev–Trinajstić information content (AvgIpc) is 3.30. The molecule has 0 aromatic heterocycles. The second-order valence-corrected chi connectivity index (χ2v) is 7.44. The van der Waals surface area contributed by atoms with Crippen molar-refractivity contribution in [3.63, 3.8) is 0 Å². The molecule has 2 aromatic carbocycles. The molecule has 1 amide bonds. The third kappa shape index (κ3) is 4.45. The summed E-state index contributed by atoms with van der Waals surface area (Å²) in [5.74, 6) is 1.50. The van der Waals surface area contributed by atoms with Gasteiger partial charge in [0.05, 0.1) is 7.11 Å². The lowest BCUT2D eigenvalue weighted by atomic mass is 9.96. The van der Waals surface area contributed by atoms with E-state index >= 15 is 0 Å². The maximum Gasteiger partial charge on any atom is 0.251 e. The van der Waals surface area contributed by atoms with Crippen molar-refractivity contribution in [2.45, 2.75) is 31.7 Å². The van der Waals surface area contributed by atoms with E-state index in [-0.39, 0.29) is 24.4 Å². The molecular formula is C22H27ClN2O2. The molecule has 2 aromatic rings. The molecule has 2 N–H and O–H groups in total. The lowest BCUT2D eigenvalue weighted by Gasteiger charge is -2.16. The number of methoxy groups -OCH3 is 1.